The number of likely N-dealkylation sites (N-methyl/N-ethyl adjacent to an activating group) is 1. The zero-order chi connectivity index (χ0) is 12.8. The fourth-order valence-corrected chi connectivity index (χ4v) is 1.66. The first kappa shape index (κ1) is 13.7. The van der Waals surface area contributed by atoms with Crippen LogP contribution in [0.3, 0.4) is 0 Å². The molecule has 0 aliphatic carbocycles. The molecular weight excluding hydrogens is 258 g/mol. The van der Waals surface area contributed by atoms with E-state index in [0.717, 1.165) is 0 Å². The third kappa shape index (κ3) is 4.20. The maximum absolute atomic E-state index is 11.3. The molecule has 6 heteroatoms. The van der Waals surface area contributed by atoms with Crippen LogP contribution in [0.4, 0.5) is 5.69 Å². The second kappa shape index (κ2) is 6.42. The summed E-state index contributed by atoms with van der Waals surface area (Å²) in [6.07, 6.45) is 0. The Labute approximate surface area is 111 Å². The molecule has 1 rings (SSSR count). The Morgan fingerprint density at radius 3 is 2.82 bits per heavy atom. The summed E-state index contributed by atoms with van der Waals surface area (Å²) in [6.45, 7) is 2.61. The van der Waals surface area contributed by atoms with E-state index in [1.165, 1.54) is 0 Å². The highest BCUT2D eigenvalue weighted by atomic mass is 35.5. The monoisotopic (exact) mass is 271 g/mol. The predicted molar refractivity (Wildman–Crippen MR) is 74.5 cm³/mol. The number of benzene rings is 1. The van der Waals surface area contributed by atoms with Crippen LogP contribution in [-0.2, 0) is 4.79 Å². The zero-order valence-corrected chi connectivity index (χ0v) is 11.0. The number of anilines is 1. The highest BCUT2D eigenvalue weighted by Crippen LogP contribution is 2.20. The quantitative estimate of drug-likeness (QED) is 0.711. The molecule has 0 spiro atoms. The van der Waals surface area contributed by atoms with Gasteiger partial charge in [-0.1, -0.05) is 23.8 Å². The summed E-state index contributed by atoms with van der Waals surface area (Å²) in [6, 6.07) is 5.12. The van der Waals surface area contributed by atoms with Crippen LogP contribution in [0.2, 0.25) is 5.02 Å². The Morgan fingerprint density at radius 2 is 2.24 bits per heavy atom. The predicted octanol–water partition coefficient (Wildman–Crippen LogP) is 1.52. The minimum atomic E-state index is -0.0960. The summed E-state index contributed by atoms with van der Waals surface area (Å²) < 4.78 is 0. The number of carbonyl (C=O) groups excluding carboxylic acids is 1. The minimum Gasteiger partial charge on any atom is -0.389 e. The number of nitrogens with one attached hydrogen (secondary N) is 2. The SMILES string of the molecule is CCNC(=O)CNc1cc(Cl)ccc1C(N)=S. The van der Waals surface area contributed by atoms with E-state index in [0.29, 0.717) is 22.8 Å². The van der Waals surface area contributed by atoms with Crippen molar-refractivity contribution in [3.8, 4) is 0 Å². The Balaban J connectivity index is 2.78. The normalized spacial score (nSPS) is 9.76. The highest BCUT2D eigenvalue weighted by Gasteiger charge is 2.07. The van der Waals surface area contributed by atoms with Crippen LogP contribution < -0.4 is 16.4 Å². The van der Waals surface area contributed by atoms with E-state index in [-0.39, 0.29) is 17.4 Å². The first-order chi connectivity index (χ1) is 8.04. The molecule has 4 nitrogen and oxygen atoms in total. The van der Waals surface area contributed by atoms with Crippen LogP contribution in [0.25, 0.3) is 0 Å². The van der Waals surface area contributed by atoms with Gasteiger partial charge in [-0.05, 0) is 25.1 Å². The molecule has 0 bridgehead atoms. The molecule has 0 heterocycles. The average Bonchev–Trinajstić information content (AvgIpc) is 2.26. The lowest BCUT2D eigenvalue weighted by Crippen LogP contribution is -2.30. The Kier molecular flexibility index (Phi) is 5.18. The summed E-state index contributed by atoms with van der Waals surface area (Å²) in [5.74, 6) is -0.0960. The van der Waals surface area contributed by atoms with Gasteiger partial charge in [0.2, 0.25) is 5.91 Å². The topological polar surface area (TPSA) is 67.2 Å². The standard InChI is InChI=1S/C11H14ClN3OS/c1-2-14-10(16)6-15-9-5-7(12)3-4-8(9)11(13)17/h3-5,15H,2,6H2,1H3,(H2,13,17)(H,14,16). The van der Waals surface area contributed by atoms with Crippen LogP contribution in [0, 0.1) is 0 Å². The largest absolute Gasteiger partial charge is 0.389 e. The molecule has 17 heavy (non-hydrogen) atoms. The molecule has 0 radical (unpaired) electrons. The summed E-state index contributed by atoms with van der Waals surface area (Å²) in [7, 11) is 0. The lowest BCUT2D eigenvalue weighted by atomic mass is 10.2. The van der Waals surface area contributed by atoms with E-state index in [2.05, 4.69) is 10.6 Å². The summed E-state index contributed by atoms with van der Waals surface area (Å²) in [5, 5.41) is 6.20. The molecule has 1 aromatic carbocycles. The van der Waals surface area contributed by atoms with Gasteiger partial charge in [0.05, 0.1) is 6.54 Å². The third-order valence-electron chi connectivity index (χ3n) is 2.06. The van der Waals surface area contributed by atoms with Crippen LogP contribution in [0.1, 0.15) is 12.5 Å². The molecule has 4 N–H and O–H groups in total. The van der Waals surface area contributed by atoms with Crippen molar-refractivity contribution < 1.29 is 4.79 Å². The van der Waals surface area contributed by atoms with Gasteiger partial charge in [0.1, 0.15) is 4.99 Å². The molecule has 0 aliphatic rings. The molecule has 0 fully saturated rings. The number of amides is 1. The Hall–Kier alpha value is -1.33. The molecule has 0 atom stereocenters. The lowest BCUT2D eigenvalue weighted by molar-refractivity contribution is -0.119. The Morgan fingerprint density at radius 1 is 1.53 bits per heavy atom. The molecule has 0 aromatic heterocycles. The van der Waals surface area contributed by atoms with Gasteiger partial charge in [0.15, 0.2) is 0 Å². The maximum Gasteiger partial charge on any atom is 0.239 e. The molecule has 1 aromatic rings. The minimum absolute atomic E-state index is 0.0960. The molecule has 0 saturated carbocycles. The lowest BCUT2D eigenvalue weighted by Gasteiger charge is -2.11. The number of carbonyl (C=O) groups is 1. The van der Waals surface area contributed by atoms with E-state index in [4.69, 9.17) is 29.6 Å². The van der Waals surface area contributed by atoms with Gasteiger partial charge in [-0.15, -0.1) is 0 Å². The molecule has 1 amide bonds. The van der Waals surface area contributed by atoms with Gasteiger partial charge in [-0.2, -0.15) is 0 Å². The first-order valence-electron chi connectivity index (χ1n) is 5.14. The van der Waals surface area contributed by atoms with Crippen molar-refractivity contribution in [2.45, 2.75) is 6.92 Å². The smallest absolute Gasteiger partial charge is 0.239 e. The van der Waals surface area contributed by atoms with Crippen molar-refractivity contribution in [1.82, 2.24) is 5.32 Å². The second-order valence-electron chi connectivity index (χ2n) is 3.36. The van der Waals surface area contributed by atoms with Crippen LogP contribution >= 0.6 is 23.8 Å². The Bertz CT molecular complexity index is 437. The number of halogens is 1. The molecular formula is C11H14ClN3OS. The maximum atomic E-state index is 11.3. The van der Waals surface area contributed by atoms with E-state index >= 15 is 0 Å². The second-order valence-corrected chi connectivity index (χ2v) is 4.24. The van der Waals surface area contributed by atoms with Crippen molar-refractivity contribution >= 4 is 40.4 Å². The van der Waals surface area contributed by atoms with Crippen LogP contribution in [-0.4, -0.2) is 24.0 Å². The number of hydrogen-bond donors (Lipinski definition) is 3. The highest BCUT2D eigenvalue weighted by molar-refractivity contribution is 7.80. The molecule has 0 saturated heterocycles. The van der Waals surface area contributed by atoms with Gasteiger partial charge < -0.3 is 16.4 Å². The third-order valence-corrected chi connectivity index (χ3v) is 2.52. The fraction of sp³-hybridized carbons (Fsp3) is 0.273. The van der Waals surface area contributed by atoms with Gasteiger partial charge in [-0.3, -0.25) is 4.79 Å². The summed E-state index contributed by atoms with van der Waals surface area (Å²) >= 11 is 10.8. The summed E-state index contributed by atoms with van der Waals surface area (Å²) in [4.78, 5) is 11.6. The van der Waals surface area contributed by atoms with Crippen molar-refractivity contribution in [2.75, 3.05) is 18.4 Å². The molecule has 92 valence electrons. The van der Waals surface area contributed by atoms with Crippen LogP contribution in [0.15, 0.2) is 18.2 Å². The number of nitrogens with two attached hydrogens (primary N) is 1. The van der Waals surface area contributed by atoms with Gasteiger partial charge in [0, 0.05) is 22.8 Å². The van der Waals surface area contributed by atoms with Crippen molar-refractivity contribution in [3.05, 3.63) is 28.8 Å². The van der Waals surface area contributed by atoms with Gasteiger partial charge in [-0.25, -0.2) is 0 Å². The van der Waals surface area contributed by atoms with Crippen LogP contribution in [0.5, 0.6) is 0 Å². The van der Waals surface area contributed by atoms with Gasteiger partial charge in [0.25, 0.3) is 0 Å². The van der Waals surface area contributed by atoms with E-state index in [1.54, 1.807) is 18.2 Å². The molecule has 0 unspecified atom stereocenters. The van der Waals surface area contributed by atoms with E-state index in [1.807, 2.05) is 6.92 Å². The van der Waals surface area contributed by atoms with Crippen molar-refractivity contribution in [3.63, 3.8) is 0 Å². The van der Waals surface area contributed by atoms with Crippen molar-refractivity contribution in [2.24, 2.45) is 5.73 Å². The zero-order valence-electron chi connectivity index (χ0n) is 9.42. The molecule has 0 aliphatic heterocycles. The average molecular weight is 272 g/mol. The summed E-state index contributed by atoms with van der Waals surface area (Å²) in [5.41, 5.74) is 6.92. The van der Waals surface area contributed by atoms with Crippen molar-refractivity contribution in [1.29, 1.82) is 0 Å². The fourth-order valence-electron chi connectivity index (χ4n) is 1.31. The number of hydrogen-bond acceptors (Lipinski definition) is 3. The van der Waals surface area contributed by atoms with E-state index < -0.39 is 0 Å². The number of rotatable bonds is 5. The number of thiocarbonyl (C=S) groups is 1. The van der Waals surface area contributed by atoms with E-state index in [9.17, 15) is 4.79 Å². The first-order valence-corrected chi connectivity index (χ1v) is 5.93. The van der Waals surface area contributed by atoms with Gasteiger partial charge >= 0.3 is 0 Å².